The van der Waals surface area contributed by atoms with Crippen molar-refractivity contribution >= 4 is 34.6 Å². The zero-order valence-electron chi connectivity index (χ0n) is 18.8. The Morgan fingerprint density at radius 2 is 1.76 bits per heavy atom. The topological polar surface area (TPSA) is 73.5 Å². The van der Waals surface area contributed by atoms with Crippen LogP contribution < -0.4 is 14.2 Å². The van der Waals surface area contributed by atoms with Crippen molar-refractivity contribution in [3.63, 3.8) is 0 Å². The normalized spacial score (nSPS) is 16.0. The van der Waals surface area contributed by atoms with E-state index in [2.05, 4.69) is 0 Å². The van der Waals surface area contributed by atoms with Gasteiger partial charge in [0.15, 0.2) is 16.7 Å². The molecule has 1 saturated heterocycles. The van der Waals surface area contributed by atoms with Crippen molar-refractivity contribution < 1.29 is 23.4 Å². The fourth-order valence-corrected chi connectivity index (χ4v) is 4.34. The van der Waals surface area contributed by atoms with E-state index in [1.54, 1.807) is 38.6 Å². The fraction of sp³-hybridized carbons (Fsp3) is 0.200. The van der Waals surface area contributed by atoms with Crippen molar-refractivity contribution in [3.8, 4) is 17.2 Å². The minimum absolute atomic E-state index is 0.141. The second-order valence-electron chi connectivity index (χ2n) is 7.24. The smallest absolute Gasteiger partial charge is 0.267 e. The van der Waals surface area contributed by atoms with Gasteiger partial charge in [0, 0.05) is 0 Å². The third-order valence-electron chi connectivity index (χ3n) is 5.14. The lowest BCUT2D eigenvalue weighted by atomic mass is 10.1. The molecule has 0 unspecified atom stereocenters. The molecule has 1 fully saturated rings. The molecule has 4 rings (SSSR count). The maximum atomic E-state index is 13.4. The average molecular weight is 465 g/mol. The monoisotopic (exact) mass is 464 g/mol. The number of nitrogens with zero attached hydrogens (tertiary/aromatic N) is 2. The highest BCUT2D eigenvalue weighted by atomic mass is 32.2. The Labute approximate surface area is 196 Å². The number of thioether (sulfide) groups is 1. The number of carbonyl (C=O) groups is 1. The first kappa shape index (κ1) is 22.5. The molecule has 0 aliphatic carbocycles. The van der Waals surface area contributed by atoms with Crippen LogP contribution in [0.15, 0.2) is 69.1 Å². The molecule has 8 heteroatoms. The van der Waals surface area contributed by atoms with Gasteiger partial charge in [-0.3, -0.25) is 9.69 Å². The third-order valence-corrected chi connectivity index (χ3v) is 6.14. The molecule has 2 aromatic carbocycles. The molecule has 1 aliphatic heterocycles. The molecule has 1 aromatic heterocycles. The van der Waals surface area contributed by atoms with Crippen molar-refractivity contribution in [2.75, 3.05) is 21.3 Å². The number of aryl methyl sites for hydroxylation is 1. The lowest BCUT2D eigenvalue weighted by Crippen LogP contribution is -2.28. The lowest BCUT2D eigenvalue weighted by molar-refractivity contribution is -0.122. The van der Waals surface area contributed by atoms with Crippen LogP contribution in [-0.4, -0.2) is 37.3 Å². The molecular formula is C25H24N2O5S. The predicted octanol–water partition coefficient (Wildman–Crippen LogP) is 5.42. The van der Waals surface area contributed by atoms with Crippen LogP contribution in [0, 0.1) is 6.92 Å². The minimum Gasteiger partial charge on any atom is -0.497 e. The van der Waals surface area contributed by atoms with Gasteiger partial charge in [0.1, 0.15) is 11.5 Å². The maximum absolute atomic E-state index is 13.4. The Bertz CT molecular complexity index is 1200. The van der Waals surface area contributed by atoms with Crippen LogP contribution in [0.4, 0.5) is 5.69 Å². The van der Waals surface area contributed by atoms with E-state index in [0.29, 0.717) is 27.3 Å². The van der Waals surface area contributed by atoms with Crippen molar-refractivity contribution in [2.24, 2.45) is 4.99 Å². The van der Waals surface area contributed by atoms with E-state index in [1.807, 2.05) is 55.5 Å². The SMILES string of the molecule is COc1ccc(N=C2S/C(=C\c3cc(OC)c(OC)cc3C)C(=O)N2Cc2ccco2)cc1. The molecule has 0 atom stereocenters. The van der Waals surface area contributed by atoms with Gasteiger partial charge in [-0.1, -0.05) is 0 Å². The second kappa shape index (κ2) is 9.87. The van der Waals surface area contributed by atoms with Gasteiger partial charge in [-0.15, -0.1) is 0 Å². The van der Waals surface area contributed by atoms with Gasteiger partial charge < -0.3 is 18.6 Å². The Kier molecular flexibility index (Phi) is 6.74. The van der Waals surface area contributed by atoms with E-state index in [1.165, 1.54) is 11.8 Å². The Morgan fingerprint density at radius 1 is 1.03 bits per heavy atom. The van der Waals surface area contributed by atoms with E-state index in [4.69, 9.17) is 23.6 Å². The van der Waals surface area contributed by atoms with Crippen LogP contribution in [0.3, 0.4) is 0 Å². The summed E-state index contributed by atoms with van der Waals surface area (Å²) in [6.45, 7) is 2.25. The first-order chi connectivity index (χ1) is 16.0. The first-order valence-corrected chi connectivity index (χ1v) is 11.0. The van der Waals surface area contributed by atoms with E-state index in [9.17, 15) is 4.79 Å². The summed E-state index contributed by atoms with van der Waals surface area (Å²) in [4.78, 5) is 20.3. The first-order valence-electron chi connectivity index (χ1n) is 10.2. The molecule has 2 heterocycles. The van der Waals surface area contributed by atoms with Crippen LogP contribution >= 0.6 is 11.8 Å². The number of carbonyl (C=O) groups excluding carboxylic acids is 1. The summed E-state index contributed by atoms with van der Waals surface area (Å²) >= 11 is 1.32. The van der Waals surface area contributed by atoms with E-state index in [-0.39, 0.29) is 12.5 Å². The highest BCUT2D eigenvalue weighted by Gasteiger charge is 2.34. The summed E-state index contributed by atoms with van der Waals surface area (Å²) in [5, 5.41) is 0.575. The number of rotatable bonds is 7. The number of furan rings is 1. The Hall–Kier alpha value is -3.65. The van der Waals surface area contributed by atoms with Gasteiger partial charge in [-0.2, -0.15) is 0 Å². The Morgan fingerprint density at radius 3 is 2.39 bits per heavy atom. The molecule has 7 nitrogen and oxygen atoms in total. The summed E-state index contributed by atoms with van der Waals surface area (Å²) in [5.74, 6) is 2.52. The number of aliphatic imine (C=N–C) groups is 1. The quantitative estimate of drug-likeness (QED) is 0.435. The van der Waals surface area contributed by atoms with Crippen molar-refractivity contribution in [3.05, 3.63) is 76.6 Å². The second-order valence-corrected chi connectivity index (χ2v) is 8.25. The van der Waals surface area contributed by atoms with Crippen LogP contribution in [0.5, 0.6) is 17.2 Å². The van der Waals surface area contributed by atoms with Crippen LogP contribution in [0.2, 0.25) is 0 Å². The lowest BCUT2D eigenvalue weighted by Gasteiger charge is -2.14. The minimum atomic E-state index is -0.141. The number of hydrogen-bond donors (Lipinski definition) is 0. The number of methoxy groups -OCH3 is 3. The van der Waals surface area contributed by atoms with Gasteiger partial charge in [0.05, 0.1) is 44.7 Å². The number of benzene rings is 2. The zero-order valence-corrected chi connectivity index (χ0v) is 19.6. The van der Waals surface area contributed by atoms with Gasteiger partial charge in [0.25, 0.3) is 5.91 Å². The highest BCUT2D eigenvalue weighted by Crippen LogP contribution is 2.37. The molecule has 0 spiro atoms. The van der Waals surface area contributed by atoms with E-state index >= 15 is 0 Å². The number of amides is 1. The highest BCUT2D eigenvalue weighted by molar-refractivity contribution is 8.18. The number of hydrogen-bond acceptors (Lipinski definition) is 7. The molecule has 0 bridgehead atoms. The van der Waals surface area contributed by atoms with Gasteiger partial charge in [-0.05, 0) is 84.4 Å². The van der Waals surface area contributed by atoms with Crippen LogP contribution in [0.1, 0.15) is 16.9 Å². The van der Waals surface area contributed by atoms with Crippen molar-refractivity contribution in [2.45, 2.75) is 13.5 Å². The summed E-state index contributed by atoms with van der Waals surface area (Å²) < 4.78 is 21.5. The van der Waals surface area contributed by atoms with E-state index in [0.717, 1.165) is 22.6 Å². The Balaban J connectivity index is 1.71. The molecule has 0 N–H and O–H groups in total. The standard InChI is InChI=1S/C25H24N2O5S/c1-16-12-21(30-3)22(31-4)13-17(16)14-23-24(28)27(15-20-6-5-11-32-20)25(33-23)26-18-7-9-19(29-2)10-8-18/h5-14H,15H2,1-4H3/b23-14-,26-25?. The molecule has 0 saturated carbocycles. The largest absolute Gasteiger partial charge is 0.497 e. The molecule has 0 radical (unpaired) electrons. The van der Waals surface area contributed by atoms with Gasteiger partial charge in [-0.25, -0.2) is 4.99 Å². The molecule has 1 amide bonds. The summed E-state index contributed by atoms with van der Waals surface area (Å²) in [7, 11) is 4.80. The molecular weight excluding hydrogens is 440 g/mol. The van der Waals surface area contributed by atoms with Crippen molar-refractivity contribution in [1.82, 2.24) is 4.90 Å². The zero-order chi connectivity index (χ0) is 23.4. The summed E-state index contributed by atoms with van der Waals surface area (Å²) in [6.07, 6.45) is 3.45. The fourth-order valence-electron chi connectivity index (χ4n) is 3.35. The number of ether oxygens (including phenoxy) is 3. The summed E-state index contributed by atoms with van der Waals surface area (Å²) in [6, 6.07) is 14.8. The number of amidine groups is 1. The third kappa shape index (κ3) is 4.90. The van der Waals surface area contributed by atoms with Crippen LogP contribution in [0.25, 0.3) is 6.08 Å². The molecule has 170 valence electrons. The maximum Gasteiger partial charge on any atom is 0.267 e. The summed E-state index contributed by atoms with van der Waals surface area (Å²) in [5.41, 5.74) is 2.55. The van der Waals surface area contributed by atoms with Gasteiger partial charge in [0.2, 0.25) is 0 Å². The average Bonchev–Trinajstić information content (AvgIpc) is 3.45. The molecule has 33 heavy (non-hydrogen) atoms. The van der Waals surface area contributed by atoms with Gasteiger partial charge >= 0.3 is 0 Å². The molecule has 3 aromatic rings. The van der Waals surface area contributed by atoms with Crippen LogP contribution in [-0.2, 0) is 11.3 Å². The van der Waals surface area contributed by atoms with E-state index < -0.39 is 0 Å². The molecule has 1 aliphatic rings. The predicted molar refractivity (Wildman–Crippen MR) is 129 cm³/mol. The van der Waals surface area contributed by atoms with Crippen molar-refractivity contribution in [1.29, 1.82) is 0 Å².